The van der Waals surface area contributed by atoms with E-state index in [1.807, 2.05) is 13.8 Å². The standard InChI is InChI=1S/C14H18F2O/c1-8(2)12-7-11(17)5-9-3-4-10(14(9)12)6-13(15)16/h5,7-8,10,13,17H,3-4,6H2,1-2H3. The van der Waals surface area contributed by atoms with Crippen LogP contribution in [0.25, 0.3) is 0 Å². The van der Waals surface area contributed by atoms with E-state index in [-0.39, 0.29) is 24.0 Å². The van der Waals surface area contributed by atoms with Gasteiger partial charge in [-0.3, -0.25) is 0 Å². The SMILES string of the molecule is CC(C)c1cc(O)cc2c1C(CC(F)F)CC2. The summed E-state index contributed by atoms with van der Waals surface area (Å²) in [5.41, 5.74) is 3.15. The van der Waals surface area contributed by atoms with Gasteiger partial charge < -0.3 is 5.11 Å². The van der Waals surface area contributed by atoms with Crippen LogP contribution < -0.4 is 0 Å². The lowest BCUT2D eigenvalue weighted by molar-refractivity contribution is 0.127. The van der Waals surface area contributed by atoms with Crippen LogP contribution in [0.15, 0.2) is 12.1 Å². The fourth-order valence-corrected chi connectivity index (χ4v) is 2.83. The van der Waals surface area contributed by atoms with Gasteiger partial charge in [-0.05, 0) is 53.5 Å². The highest BCUT2D eigenvalue weighted by Crippen LogP contribution is 2.43. The minimum Gasteiger partial charge on any atom is -0.508 e. The molecular weight excluding hydrogens is 222 g/mol. The third kappa shape index (κ3) is 2.43. The van der Waals surface area contributed by atoms with Gasteiger partial charge in [0, 0.05) is 6.42 Å². The Morgan fingerprint density at radius 3 is 2.65 bits per heavy atom. The Kier molecular flexibility index (Phi) is 3.36. The second-order valence-electron chi connectivity index (χ2n) is 5.12. The summed E-state index contributed by atoms with van der Waals surface area (Å²) in [5, 5.41) is 9.65. The molecule has 1 nitrogen and oxygen atoms in total. The molecule has 94 valence electrons. The van der Waals surface area contributed by atoms with E-state index in [9.17, 15) is 13.9 Å². The van der Waals surface area contributed by atoms with Crippen LogP contribution in [0.1, 0.15) is 55.2 Å². The van der Waals surface area contributed by atoms with Gasteiger partial charge in [-0.2, -0.15) is 0 Å². The molecule has 1 N–H and O–H groups in total. The number of halogens is 2. The summed E-state index contributed by atoms with van der Waals surface area (Å²) < 4.78 is 25.1. The Morgan fingerprint density at radius 2 is 2.06 bits per heavy atom. The van der Waals surface area contributed by atoms with Crippen molar-refractivity contribution in [2.24, 2.45) is 0 Å². The topological polar surface area (TPSA) is 20.2 Å². The monoisotopic (exact) mass is 240 g/mol. The molecule has 1 unspecified atom stereocenters. The maximum absolute atomic E-state index is 12.5. The molecule has 0 aromatic heterocycles. The van der Waals surface area contributed by atoms with E-state index in [4.69, 9.17) is 0 Å². The molecule has 0 radical (unpaired) electrons. The molecular formula is C14H18F2O. The van der Waals surface area contributed by atoms with Crippen molar-refractivity contribution in [1.29, 1.82) is 0 Å². The molecule has 1 aliphatic rings. The van der Waals surface area contributed by atoms with Gasteiger partial charge in [0.15, 0.2) is 0 Å². The normalized spacial score (nSPS) is 19.1. The number of alkyl halides is 2. The first-order chi connectivity index (χ1) is 7.99. The summed E-state index contributed by atoms with van der Waals surface area (Å²) in [5.74, 6) is 0.474. The number of hydrogen-bond donors (Lipinski definition) is 1. The molecule has 0 bridgehead atoms. The van der Waals surface area contributed by atoms with Crippen LogP contribution in [0.4, 0.5) is 8.78 Å². The number of benzene rings is 1. The van der Waals surface area contributed by atoms with Gasteiger partial charge in [-0.15, -0.1) is 0 Å². The van der Waals surface area contributed by atoms with Crippen molar-refractivity contribution in [3.63, 3.8) is 0 Å². The number of rotatable bonds is 3. The van der Waals surface area contributed by atoms with Gasteiger partial charge >= 0.3 is 0 Å². The lowest BCUT2D eigenvalue weighted by Crippen LogP contribution is -2.05. The molecule has 0 fully saturated rings. The van der Waals surface area contributed by atoms with E-state index in [0.717, 1.165) is 29.5 Å². The first kappa shape index (κ1) is 12.3. The number of hydrogen-bond acceptors (Lipinski definition) is 1. The summed E-state index contributed by atoms with van der Waals surface area (Å²) in [7, 11) is 0. The van der Waals surface area contributed by atoms with Crippen LogP contribution in [0, 0.1) is 0 Å². The van der Waals surface area contributed by atoms with Crippen molar-refractivity contribution in [2.45, 2.75) is 51.4 Å². The molecule has 0 aliphatic heterocycles. The highest BCUT2D eigenvalue weighted by molar-refractivity contribution is 5.47. The van der Waals surface area contributed by atoms with E-state index in [1.54, 1.807) is 12.1 Å². The zero-order chi connectivity index (χ0) is 12.6. The number of fused-ring (bicyclic) bond motifs is 1. The zero-order valence-electron chi connectivity index (χ0n) is 10.2. The smallest absolute Gasteiger partial charge is 0.239 e. The largest absolute Gasteiger partial charge is 0.508 e. The van der Waals surface area contributed by atoms with Crippen LogP contribution in [0.3, 0.4) is 0 Å². The molecule has 1 aliphatic carbocycles. The lowest BCUT2D eigenvalue weighted by atomic mass is 9.88. The van der Waals surface area contributed by atoms with Crippen molar-refractivity contribution in [2.75, 3.05) is 0 Å². The second kappa shape index (κ2) is 4.63. The maximum Gasteiger partial charge on any atom is 0.239 e. The van der Waals surface area contributed by atoms with E-state index in [0.29, 0.717) is 0 Å². The average molecular weight is 240 g/mol. The summed E-state index contributed by atoms with van der Waals surface area (Å²) >= 11 is 0. The minimum atomic E-state index is -2.25. The Hall–Kier alpha value is -1.12. The fraction of sp³-hybridized carbons (Fsp3) is 0.571. The maximum atomic E-state index is 12.5. The van der Waals surface area contributed by atoms with Crippen molar-refractivity contribution in [1.82, 2.24) is 0 Å². The van der Waals surface area contributed by atoms with E-state index in [2.05, 4.69) is 0 Å². The first-order valence-electron chi connectivity index (χ1n) is 6.13. The number of aromatic hydroxyl groups is 1. The van der Waals surface area contributed by atoms with Crippen molar-refractivity contribution in [3.05, 3.63) is 28.8 Å². The molecule has 17 heavy (non-hydrogen) atoms. The summed E-state index contributed by atoms with van der Waals surface area (Å²) in [6.07, 6.45) is -0.721. The fourth-order valence-electron chi connectivity index (χ4n) is 2.83. The van der Waals surface area contributed by atoms with Crippen LogP contribution >= 0.6 is 0 Å². The van der Waals surface area contributed by atoms with Crippen molar-refractivity contribution >= 4 is 0 Å². The van der Waals surface area contributed by atoms with E-state index < -0.39 is 6.43 Å². The molecule has 0 spiro atoms. The van der Waals surface area contributed by atoms with E-state index >= 15 is 0 Å². The molecule has 1 aromatic carbocycles. The molecule has 0 saturated heterocycles. The van der Waals surface area contributed by atoms with Crippen molar-refractivity contribution < 1.29 is 13.9 Å². The zero-order valence-corrected chi connectivity index (χ0v) is 10.2. The number of phenols is 1. The highest BCUT2D eigenvalue weighted by Gasteiger charge is 2.29. The minimum absolute atomic E-state index is 0.0389. The molecule has 1 aromatic rings. The first-order valence-corrected chi connectivity index (χ1v) is 6.13. The Bertz CT molecular complexity index is 413. The quantitative estimate of drug-likeness (QED) is 0.839. The Balaban J connectivity index is 2.42. The van der Waals surface area contributed by atoms with Crippen LogP contribution in [-0.2, 0) is 6.42 Å². The molecule has 0 saturated carbocycles. The summed E-state index contributed by atoms with van der Waals surface area (Å²) in [6, 6.07) is 3.46. The van der Waals surface area contributed by atoms with Gasteiger partial charge in [0.1, 0.15) is 5.75 Å². The molecule has 0 amide bonds. The van der Waals surface area contributed by atoms with Gasteiger partial charge in [0.25, 0.3) is 0 Å². The Labute approximate surface area is 100 Å². The average Bonchev–Trinajstić information content (AvgIpc) is 2.59. The van der Waals surface area contributed by atoms with Gasteiger partial charge in [-0.1, -0.05) is 13.8 Å². The van der Waals surface area contributed by atoms with Crippen LogP contribution in [0.2, 0.25) is 0 Å². The third-order valence-electron chi connectivity index (χ3n) is 3.54. The third-order valence-corrected chi connectivity index (χ3v) is 3.54. The van der Waals surface area contributed by atoms with Gasteiger partial charge in [-0.25, -0.2) is 8.78 Å². The second-order valence-corrected chi connectivity index (χ2v) is 5.12. The lowest BCUT2D eigenvalue weighted by Gasteiger charge is -2.18. The number of aryl methyl sites for hydroxylation is 1. The predicted octanol–water partition coefficient (Wildman–Crippen LogP) is 4.20. The Morgan fingerprint density at radius 1 is 1.35 bits per heavy atom. The summed E-state index contributed by atoms with van der Waals surface area (Å²) in [6.45, 7) is 4.07. The molecule has 0 heterocycles. The number of phenolic OH excluding ortho intramolecular Hbond substituents is 1. The molecule has 1 atom stereocenters. The molecule has 2 rings (SSSR count). The van der Waals surface area contributed by atoms with Gasteiger partial charge in [0.2, 0.25) is 6.43 Å². The van der Waals surface area contributed by atoms with E-state index in [1.165, 1.54) is 0 Å². The molecule has 3 heteroatoms. The van der Waals surface area contributed by atoms with Crippen LogP contribution in [-0.4, -0.2) is 11.5 Å². The highest BCUT2D eigenvalue weighted by atomic mass is 19.3. The van der Waals surface area contributed by atoms with Crippen molar-refractivity contribution in [3.8, 4) is 5.75 Å². The predicted molar refractivity (Wildman–Crippen MR) is 63.9 cm³/mol. The van der Waals surface area contributed by atoms with Gasteiger partial charge in [0.05, 0.1) is 0 Å². The summed E-state index contributed by atoms with van der Waals surface area (Å²) in [4.78, 5) is 0. The van der Waals surface area contributed by atoms with Crippen LogP contribution in [0.5, 0.6) is 5.75 Å².